The zero-order valence-electron chi connectivity index (χ0n) is 11.9. The number of methoxy groups -OCH3 is 1. The molecule has 100 valence electrons. The standard InChI is InChI=1S/C16H20N2O/c1-12(2)13-5-10-16(17-11-13)18(3)14-6-8-15(19-4)9-7-14/h5-12H,1-4H3. The van der Waals surface area contributed by atoms with Gasteiger partial charge in [-0.15, -0.1) is 0 Å². The molecule has 0 aliphatic rings. The van der Waals surface area contributed by atoms with Crippen LogP contribution in [0.3, 0.4) is 0 Å². The molecule has 0 fully saturated rings. The number of nitrogens with zero attached hydrogens (tertiary/aromatic N) is 2. The van der Waals surface area contributed by atoms with Crippen molar-refractivity contribution >= 4 is 11.5 Å². The van der Waals surface area contributed by atoms with E-state index < -0.39 is 0 Å². The van der Waals surface area contributed by atoms with Crippen molar-refractivity contribution in [1.82, 2.24) is 4.98 Å². The summed E-state index contributed by atoms with van der Waals surface area (Å²) in [6.45, 7) is 4.34. The molecule has 2 aromatic rings. The minimum Gasteiger partial charge on any atom is -0.497 e. The molecule has 3 nitrogen and oxygen atoms in total. The number of aromatic nitrogens is 1. The van der Waals surface area contributed by atoms with Crippen molar-refractivity contribution < 1.29 is 4.74 Å². The Labute approximate surface area is 114 Å². The molecule has 19 heavy (non-hydrogen) atoms. The summed E-state index contributed by atoms with van der Waals surface area (Å²) in [5, 5.41) is 0. The fourth-order valence-electron chi connectivity index (χ4n) is 1.88. The molecule has 0 aliphatic heterocycles. The van der Waals surface area contributed by atoms with Crippen molar-refractivity contribution in [3.05, 3.63) is 48.2 Å². The number of hydrogen-bond acceptors (Lipinski definition) is 3. The van der Waals surface area contributed by atoms with Crippen LogP contribution >= 0.6 is 0 Å². The van der Waals surface area contributed by atoms with E-state index in [0.29, 0.717) is 5.92 Å². The molecule has 0 N–H and O–H groups in total. The molecule has 0 spiro atoms. The first-order chi connectivity index (χ1) is 9.11. The van der Waals surface area contributed by atoms with Crippen LogP contribution in [0.25, 0.3) is 0 Å². The molecule has 0 amide bonds. The van der Waals surface area contributed by atoms with Crippen LogP contribution in [0.1, 0.15) is 25.3 Å². The van der Waals surface area contributed by atoms with E-state index in [4.69, 9.17) is 4.74 Å². The van der Waals surface area contributed by atoms with Crippen molar-refractivity contribution in [3.8, 4) is 5.75 Å². The van der Waals surface area contributed by atoms with Crippen LogP contribution in [0.4, 0.5) is 11.5 Å². The molecule has 0 radical (unpaired) electrons. The van der Waals surface area contributed by atoms with Crippen molar-refractivity contribution in [2.24, 2.45) is 0 Å². The van der Waals surface area contributed by atoms with Crippen LogP contribution in [0.15, 0.2) is 42.6 Å². The van der Waals surface area contributed by atoms with E-state index in [1.807, 2.05) is 37.5 Å². The fourth-order valence-corrected chi connectivity index (χ4v) is 1.88. The highest BCUT2D eigenvalue weighted by Crippen LogP contribution is 2.25. The quantitative estimate of drug-likeness (QED) is 0.827. The lowest BCUT2D eigenvalue weighted by molar-refractivity contribution is 0.415. The average molecular weight is 256 g/mol. The van der Waals surface area contributed by atoms with E-state index >= 15 is 0 Å². The van der Waals surface area contributed by atoms with Gasteiger partial charge in [0.25, 0.3) is 0 Å². The lowest BCUT2D eigenvalue weighted by Gasteiger charge is -2.19. The van der Waals surface area contributed by atoms with Crippen LogP contribution < -0.4 is 9.64 Å². The molecule has 1 aromatic carbocycles. The van der Waals surface area contributed by atoms with E-state index in [1.165, 1.54) is 5.56 Å². The fraction of sp³-hybridized carbons (Fsp3) is 0.312. The highest BCUT2D eigenvalue weighted by atomic mass is 16.5. The summed E-state index contributed by atoms with van der Waals surface area (Å²) < 4.78 is 5.16. The summed E-state index contributed by atoms with van der Waals surface area (Å²) in [5.41, 5.74) is 2.34. The molecule has 0 unspecified atom stereocenters. The van der Waals surface area contributed by atoms with Gasteiger partial charge in [0, 0.05) is 18.9 Å². The Kier molecular flexibility index (Phi) is 4.05. The van der Waals surface area contributed by atoms with Gasteiger partial charge in [-0.25, -0.2) is 4.98 Å². The minimum atomic E-state index is 0.507. The molecule has 0 atom stereocenters. The number of anilines is 2. The van der Waals surface area contributed by atoms with Gasteiger partial charge < -0.3 is 9.64 Å². The third-order valence-electron chi connectivity index (χ3n) is 3.24. The van der Waals surface area contributed by atoms with Crippen LogP contribution in [0.2, 0.25) is 0 Å². The average Bonchev–Trinajstić information content (AvgIpc) is 2.46. The number of rotatable bonds is 4. The first-order valence-electron chi connectivity index (χ1n) is 6.45. The van der Waals surface area contributed by atoms with Crippen LogP contribution in [-0.2, 0) is 0 Å². The van der Waals surface area contributed by atoms with Gasteiger partial charge in [-0.3, -0.25) is 0 Å². The Balaban J connectivity index is 2.20. The van der Waals surface area contributed by atoms with Gasteiger partial charge in [-0.2, -0.15) is 0 Å². The number of pyridine rings is 1. The number of hydrogen-bond donors (Lipinski definition) is 0. The lowest BCUT2D eigenvalue weighted by atomic mass is 10.1. The lowest BCUT2D eigenvalue weighted by Crippen LogP contribution is -2.11. The Morgan fingerprint density at radius 3 is 2.21 bits per heavy atom. The van der Waals surface area contributed by atoms with Gasteiger partial charge in [0.15, 0.2) is 0 Å². The van der Waals surface area contributed by atoms with Gasteiger partial charge >= 0.3 is 0 Å². The van der Waals surface area contributed by atoms with Crippen molar-refractivity contribution in [1.29, 1.82) is 0 Å². The maximum absolute atomic E-state index is 5.16. The van der Waals surface area contributed by atoms with Gasteiger partial charge in [0.05, 0.1) is 7.11 Å². The third-order valence-corrected chi connectivity index (χ3v) is 3.24. The second-order valence-corrected chi connectivity index (χ2v) is 4.86. The first kappa shape index (κ1) is 13.4. The second-order valence-electron chi connectivity index (χ2n) is 4.86. The minimum absolute atomic E-state index is 0.507. The summed E-state index contributed by atoms with van der Waals surface area (Å²) in [6.07, 6.45) is 1.94. The van der Waals surface area contributed by atoms with E-state index in [-0.39, 0.29) is 0 Å². The molecule has 0 saturated carbocycles. The Hall–Kier alpha value is -2.03. The van der Waals surface area contributed by atoms with E-state index in [1.54, 1.807) is 7.11 Å². The maximum atomic E-state index is 5.16. The second kappa shape index (κ2) is 5.74. The molecule has 1 heterocycles. The van der Waals surface area contributed by atoms with Gasteiger partial charge in [-0.05, 0) is 41.8 Å². The normalized spacial score (nSPS) is 10.6. The molecular weight excluding hydrogens is 236 g/mol. The molecule has 0 saturated heterocycles. The SMILES string of the molecule is COc1ccc(N(C)c2ccc(C(C)C)cn2)cc1. The van der Waals surface area contributed by atoms with Crippen molar-refractivity contribution in [2.45, 2.75) is 19.8 Å². The summed E-state index contributed by atoms with van der Waals surface area (Å²) in [5.74, 6) is 2.31. The summed E-state index contributed by atoms with van der Waals surface area (Å²) in [6, 6.07) is 12.1. The highest BCUT2D eigenvalue weighted by molar-refractivity contribution is 5.60. The Morgan fingerprint density at radius 2 is 1.74 bits per heavy atom. The van der Waals surface area contributed by atoms with Crippen molar-refractivity contribution in [2.75, 3.05) is 19.1 Å². The number of benzene rings is 1. The molecule has 0 bridgehead atoms. The van der Waals surface area contributed by atoms with Crippen LogP contribution in [-0.4, -0.2) is 19.1 Å². The molecule has 0 aliphatic carbocycles. The van der Waals surface area contributed by atoms with Crippen molar-refractivity contribution in [3.63, 3.8) is 0 Å². The topological polar surface area (TPSA) is 25.4 Å². The Morgan fingerprint density at radius 1 is 1.05 bits per heavy atom. The molecule has 2 rings (SSSR count). The van der Waals surface area contributed by atoms with Crippen LogP contribution in [0.5, 0.6) is 5.75 Å². The predicted molar refractivity (Wildman–Crippen MR) is 79.4 cm³/mol. The van der Waals surface area contributed by atoms with E-state index in [9.17, 15) is 0 Å². The van der Waals surface area contributed by atoms with Gasteiger partial charge in [0.1, 0.15) is 11.6 Å². The summed E-state index contributed by atoms with van der Waals surface area (Å²) in [4.78, 5) is 6.57. The van der Waals surface area contributed by atoms with Gasteiger partial charge in [0.2, 0.25) is 0 Å². The summed E-state index contributed by atoms with van der Waals surface area (Å²) >= 11 is 0. The zero-order chi connectivity index (χ0) is 13.8. The Bertz CT molecular complexity index is 517. The highest BCUT2D eigenvalue weighted by Gasteiger charge is 2.06. The smallest absolute Gasteiger partial charge is 0.132 e. The third kappa shape index (κ3) is 3.05. The first-order valence-corrected chi connectivity index (χ1v) is 6.45. The van der Waals surface area contributed by atoms with Gasteiger partial charge in [-0.1, -0.05) is 19.9 Å². The van der Waals surface area contributed by atoms with Crippen LogP contribution in [0, 0.1) is 0 Å². The maximum Gasteiger partial charge on any atom is 0.132 e. The van der Waals surface area contributed by atoms with E-state index in [0.717, 1.165) is 17.3 Å². The predicted octanol–water partition coefficient (Wildman–Crippen LogP) is 3.98. The summed E-state index contributed by atoms with van der Waals surface area (Å²) in [7, 11) is 3.68. The molecule has 1 aromatic heterocycles. The van der Waals surface area contributed by atoms with E-state index in [2.05, 4.69) is 35.9 Å². The monoisotopic (exact) mass is 256 g/mol. The number of ether oxygens (including phenoxy) is 1. The molecule has 3 heteroatoms. The largest absolute Gasteiger partial charge is 0.497 e. The zero-order valence-corrected chi connectivity index (χ0v) is 11.9. The molecular formula is C16H20N2O.